The lowest BCUT2D eigenvalue weighted by atomic mass is 10.2. The number of rotatable bonds is 7. The van der Waals surface area contributed by atoms with Crippen molar-refractivity contribution in [3.63, 3.8) is 0 Å². The van der Waals surface area contributed by atoms with E-state index in [-0.39, 0.29) is 18.4 Å². The molecule has 0 aromatic heterocycles. The Morgan fingerprint density at radius 2 is 1.83 bits per heavy atom. The van der Waals surface area contributed by atoms with Crippen LogP contribution in [0.5, 0.6) is 5.75 Å². The minimum Gasteiger partial charge on any atom is -0.490 e. The van der Waals surface area contributed by atoms with Crippen molar-refractivity contribution >= 4 is 29.1 Å². The molecule has 0 atom stereocenters. The molecule has 0 unspecified atom stereocenters. The lowest BCUT2D eigenvalue weighted by Crippen LogP contribution is -2.32. The minimum absolute atomic E-state index is 0.145. The Kier molecular flexibility index (Phi) is 6.63. The van der Waals surface area contributed by atoms with Crippen LogP contribution in [-0.4, -0.2) is 25.0 Å². The molecule has 0 bridgehead atoms. The van der Waals surface area contributed by atoms with Crippen LogP contribution < -0.4 is 15.4 Å². The van der Waals surface area contributed by atoms with Crippen LogP contribution in [0.1, 0.15) is 23.7 Å². The summed E-state index contributed by atoms with van der Waals surface area (Å²) in [7, 11) is 0. The number of hydrogen-bond acceptors (Lipinski definition) is 3. The zero-order chi connectivity index (χ0) is 17.4. The van der Waals surface area contributed by atoms with E-state index >= 15 is 0 Å². The molecule has 0 aliphatic heterocycles. The van der Waals surface area contributed by atoms with Gasteiger partial charge in [0.1, 0.15) is 0 Å². The second kappa shape index (κ2) is 8.93. The number of nitrogens with one attached hydrogen (secondary N) is 2. The Morgan fingerprint density at radius 1 is 1.08 bits per heavy atom. The number of anilines is 1. The van der Waals surface area contributed by atoms with Gasteiger partial charge in [-0.2, -0.15) is 0 Å². The molecule has 2 rings (SSSR count). The predicted molar refractivity (Wildman–Crippen MR) is 94.6 cm³/mol. The Bertz CT molecular complexity index is 705. The fourth-order valence-corrected chi connectivity index (χ4v) is 2.23. The fourth-order valence-electron chi connectivity index (χ4n) is 2.00. The van der Waals surface area contributed by atoms with Crippen LogP contribution in [0.25, 0.3) is 0 Å². The van der Waals surface area contributed by atoms with Gasteiger partial charge in [0.2, 0.25) is 5.91 Å². The number of halogens is 1. The van der Waals surface area contributed by atoms with Crippen molar-refractivity contribution in [3.8, 4) is 5.75 Å². The molecular weight excluding hydrogens is 328 g/mol. The van der Waals surface area contributed by atoms with Crippen LogP contribution >= 0.6 is 11.6 Å². The maximum Gasteiger partial charge on any atom is 0.251 e. The average Bonchev–Trinajstić information content (AvgIpc) is 2.60. The van der Waals surface area contributed by atoms with Crippen molar-refractivity contribution in [2.45, 2.75) is 13.3 Å². The monoisotopic (exact) mass is 346 g/mol. The first kappa shape index (κ1) is 17.8. The highest BCUT2D eigenvalue weighted by Crippen LogP contribution is 2.32. The van der Waals surface area contributed by atoms with Crippen LogP contribution in [-0.2, 0) is 4.79 Å². The first-order valence-corrected chi connectivity index (χ1v) is 8.04. The molecule has 0 saturated carbocycles. The smallest absolute Gasteiger partial charge is 0.251 e. The van der Waals surface area contributed by atoms with Crippen molar-refractivity contribution in [1.29, 1.82) is 0 Å². The molecule has 0 saturated heterocycles. The third-order valence-corrected chi connectivity index (χ3v) is 3.43. The van der Waals surface area contributed by atoms with E-state index in [0.717, 1.165) is 6.42 Å². The zero-order valence-corrected chi connectivity index (χ0v) is 14.1. The number of hydrogen-bond donors (Lipinski definition) is 2. The summed E-state index contributed by atoms with van der Waals surface area (Å²) >= 11 is 6.11. The van der Waals surface area contributed by atoms with Crippen LogP contribution in [0, 0.1) is 0 Å². The molecule has 2 amide bonds. The van der Waals surface area contributed by atoms with Gasteiger partial charge in [0, 0.05) is 5.56 Å². The van der Waals surface area contributed by atoms with Gasteiger partial charge in [-0.25, -0.2) is 0 Å². The Balaban J connectivity index is 1.95. The largest absolute Gasteiger partial charge is 0.490 e. The lowest BCUT2D eigenvalue weighted by molar-refractivity contribution is -0.115. The van der Waals surface area contributed by atoms with Crippen LogP contribution in [0.3, 0.4) is 0 Å². The summed E-state index contributed by atoms with van der Waals surface area (Å²) in [6, 6.07) is 13.8. The third-order valence-electron chi connectivity index (χ3n) is 3.14. The van der Waals surface area contributed by atoms with Gasteiger partial charge in [-0.1, -0.05) is 42.8 Å². The molecule has 2 aromatic carbocycles. The number of benzene rings is 2. The molecule has 0 radical (unpaired) electrons. The van der Waals surface area contributed by atoms with Gasteiger partial charge in [-0.3, -0.25) is 9.59 Å². The molecule has 126 valence electrons. The quantitative estimate of drug-likeness (QED) is 0.806. The van der Waals surface area contributed by atoms with Gasteiger partial charge < -0.3 is 15.4 Å². The molecule has 0 aliphatic rings. The summed E-state index contributed by atoms with van der Waals surface area (Å²) in [5, 5.41) is 5.70. The van der Waals surface area contributed by atoms with E-state index in [2.05, 4.69) is 10.6 Å². The highest BCUT2D eigenvalue weighted by molar-refractivity contribution is 6.32. The first-order valence-electron chi connectivity index (χ1n) is 7.66. The fraction of sp³-hybridized carbons (Fsp3) is 0.222. The van der Waals surface area contributed by atoms with Crippen molar-refractivity contribution in [1.82, 2.24) is 5.32 Å². The number of para-hydroxylation sites is 1. The van der Waals surface area contributed by atoms with Crippen molar-refractivity contribution < 1.29 is 14.3 Å². The zero-order valence-electron chi connectivity index (χ0n) is 13.3. The maximum absolute atomic E-state index is 12.1. The number of amides is 2. The summed E-state index contributed by atoms with van der Waals surface area (Å²) < 4.78 is 5.58. The van der Waals surface area contributed by atoms with Gasteiger partial charge in [-0.15, -0.1) is 0 Å². The summed E-state index contributed by atoms with van der Waals surface area (Å²) in [5.41, 5.74) is 0.981. The SMILES string of the molecule is CCCOc1c(Cl)cccc1NC(=O)CNC(=O)c1ccccc1. The van der Waals surface area contributed by atoms with E-state index in [4.69, 9.17) is 16.3 Å². The van der Waals surface area contributed by atoms with Gasteiger partial charge in [-0.05, 0) is 30.7 Å². The van der Waals surface area contributed by atoms with E-state index in [9.17, 15) is 9.59 Å². The predicted octanol–water partition coefficient (Wildman–Crippen LogP) is 3.50. The minimum atomic E-state index is -0.358. The molecule has 6 heteroatoms. The van der Waals surface area contributed by atoms with E-state index in [1.54, 1.807) is 42.5 Å². The molecule has 0 fully saturated rings. The van der Waals surface area contributed by atoms with E-state index in [1.807, 2.05) is 13.0 Å². The summed E-state index contributed by atoms with van der Waals surface area (Å²) in [6.07, 6.45) is 0.825. The number of carbonyl (C=O) groups excluding carboxylic acids is 2. The van der Waals surface area contributed by atoms with E-state index in [1.165, 1.54) is 0 Å². The molecule has 2 aromatic rings. The normalized spacial score (nSPS) is 10.1. The van der Waals surface area contributed by atoms with Crippen molar-refractivity contribution in [2.75, 3.05) is 18.5 Å². The highest BCUT2D eigenvalue weighted by atomic mass is 35.5. The third kappa shape index (κ3) is 4.99. The molecule has 0 aliphatic carbocycles. The molecule has 24 heavy (non-hydrogen) atoms. The Labute approximate surface area is 146 Å². The van der Waals surface area contributed by atoms with Gasteiger partial charge in [0.05, 0.1) is 23.9 Å². The van der Waals surface area contributed by atoms with E-state index in [0.29, 0.717) is 28.6 Å². The number of ether oxygens (including phenoxy) is 1. The molecule has 5 nitrogen and oxygen atoms in total. The van der Waals surface area contributed by atoms with Gasteiger partial charge in [0.15, 0.2) is 5.75 Å². The van der Waals surface area contributed by atoms with Gasteiger partial charge in [0.25, 0.3) is 5.91 Å². The second-order valence-electron chi connectivity index (χ2n) is 5.06. The Hall–Kier alpha value is -2.53. The first-order chi connectivity index (χ1) is 11.6. The van der Waals surface area contributed by atoms with Crippen LogP contribution in [0.15, 0.2) is 48.5 Å². The lowest BCUT2D eigenvalue weighted by Gasteiger charge is -2.13. The number of carbonyl (C=O) groups is 2. The maximum atomic E-state index is 12.1. The standard InChI is InChI=1S/C18H19ClN2O3/c1-2-11-24-17-14(19)9-6-10-15(17)21-16(22)12-20-18(23)13-7-4-3-5-8-13/h3-10H,2,11-12H2,1H3,(H,20,23)(H,21,22). The molecule has 0 heterocycles. The summed E-state index contributed by atoms with van der Waals surface area (Å²) in [6.45, 7) is 2.33. The van der Waals surface area contributed by atoms with Crippen LogP contribution in [0.4, 0.5) is 5.69 Å². The Morgan fingerprint density at radius 3 is 2.54 bits per heavy atom. The highest BCUT2D eigenvalue weighted by Gasteiger charge is 2.12. The van der Waals surface area contributed by atoms with Gasteiger partial charge >= 0.3 is 0 Å². The summed E-state index contributed by atoms with van der Waals surface area (Å²) in [4.78, 5) is 24.0. The second-order valence-corrected chi connectivity index (χ2v) is 5.47. The van der Waals surface area contributed by atoms with Crippen molar-refractivity contribution in [2.24, 2.45) is 0 Å². The average molecular weight is 347 g/mol. The molecule has 2 N–H and O–H groups in total. The van der Waals surface area contributed by atoms with E-state index < -0.39 is 0 Å². The summed E-state index contributed by atoms with van der Waals surface area (Å²) in [5.74, 6) is -0.231. The van der Waals surface area contributed by atoms with Crippen molar-refractivity contribution in [3.05, 3.63) is 59.1 Å². The topological polar surface area (TPSA) is 67.4 Å². The molecular formula is C18H19ClN2O3. The van der Waals surface area contributed by atoms with Crippen LogP contribution in [0.2, 0.25) is 5.02 Å². The molecule has 0 spiro atoms.